The van der Waals surface area contributed by atoms with Gasteiger partial charge in [0.05, 0.1) is 30.8 Å². The van der Waals surface area contributed by atoms with Crippen LogP contribution in [0.25, 0.3) is 0 Å². The lowest BCUT2D eigenvalue weighted by atomic mass is 9.83. The zero-order valence-electron chi connectivity index (χ0n) is 18.5. The SMILES string of the molecule is CCOC(=O)C(CCC(C)c1ccc(OCCCCS(=O)(=O)O)cc1)C(CC)C(=O)O. The van der Waals surface area contributed by atoms with Crippen molar-refractivity contribution in [1.29, 1.82) is 0 Å². The van der Waals surface area contributed by atoms with Crippen molar-refractivity contribution in [2.75, 3.05) is 19.0 Å². The second kappa shape index (κ2) is 13.3. The van der Waals surface area contributed by atoms with E-state index >= 15 is 0 Å². The molecule has 1 aromatic rings. The second-order valence-corrected chi connectivity index (χ2v) is 9.17. The van der Waals surface area contributed by atoms with Crippen LogP contribution in [0.1, 0.15) is 64.4 Å². The van der Waals surface area contributed by atoms with Crippen molar-refractivity contribution in [3.63, 3.8) is 0 Å². The zero-order chi connectivity index (χ0) is 23.4. The highest BCUT2D eigenvalue weighted by Crippen LogP contribution is 2.29. The summed E-state index contributed by atoms with van der Waals surface area (Å²) in [6.45, 7) is 6.06. The number of aliphatic carboxylic acids is 1. The Morgan fingerprint density at radius 2 is 1.68 bits per heavy atom. The standard InChI is InChI=1S/C22H34O8S/c1-4-19(21(23)24)20(22(25)29-5-2)13-8-16(3)17-9-11-18(12-10-17)30-14-6-7-15-31(26,27)28/h9-12,16,19-20H,4-8,13-15H2,1-3H3,(H,23,24)(H,26,27,28). The summed E-state index contributed by atoms with van der Waals surface area (Å²) in [7, 11) is -3.93. The maximum absolute atomic E-state index is 12.3. The third kappa shape index (κ3) is 10.1. The molecule has 0 aliphatic carbocycles. The van der Waals surface area contributed by atoms with Gasteiger partial charge in [-0.3, -0.25) is 14.1 Å². The van der Waals surface area contributed by atoms with Crippen molar-refractivity contribution in [3.05, 3.63) is 29.8 Å². The first-order chi connectivity index (χ1) is 14.6. The summed E-state index contributed by atoms with van der Waals surface area (Å²) in [6.07, 6.45) is 2.27. The predicted molar refractivity (Wildman–Crippen MR) is 117 cm³/mol. The molecule has 9 heteroatoms. The summed E-state index contributed by atoms with van der Waals surface area (Å²) >= 11 is 0. The highest BCUT2D eigenvalue weighted by molar-refractivity contribution is 7.85. The number of unbranched alkanes of at least 4 members (excludes halogenated alkanes) is 1. The molecule has 0 heterocycles. The van der Waals surface area contributed by atoms with Gasteiger partial charge < -0.3 is 14.6 Å². The molecule has 0 saturated carbocycles. The van der Waals surface area contributed by atoms with E-state index in [1.807, 2.05) is 31.2 Å². The van der Waals surface area contributed by atoms with Crippen LogP contribution in [0.15, 0.2) is 24.3 Å². The van der Waals surface area contributed by atoms with Crippen molar-refractivity contribution in [1.82, 2.24) is 0 Å². The predicted octanol–water partition coefficient (Wildman–Crippen LogP) is 3.91. The van der Waals surface area contributed by atoms with E-state index in [2.05, 4.69) is 0 Å². The Morgan fingerprint density at radius 3 is 2.19 bits per heavy atom. The van der Waals surface area contributed by atoms with Crippen LogP contribution < -0.4 is 4.74 Å². The smallest absolute Gasteiger partial charge is 0.309 e. The van der Waals surface area contributed by atoms with Gasteiger partial charge in [-0.2, -0.15) is 8.42 Å². The lowest BCUT2D eigenvalue weighted by Crippen LogP contribution is -2.31. The number of rotatable bonds is 15. The molecular formula is C22H34O8S. The fraction of sp³-hybridized carbons (Fsp3) is 0.636. The quantitative estimate of drug-likeness (QED) is 0.230. The Labute approximate surface area is 184 Å². The van der Waals surface area contributed by atoms with Crippen LogP contribution in [0.3, 0.4) is 0 Å². The Balaban J connectivity index is 2.60. The summed E-state index contributed by atoms with van der Waals surface area (Å²) < 4.78 is 40.7. The minimum Gasteiger partial charge on any atom is -0.494 e. The summed E-state index contributed by atoms with van der Waals surface area (Å²) in [5.74, 6) is -2.37. The fourth-order valence-corrected chi connectivity index (χ4v) is 4.00. The summed E-state index contributed by atoms with van der Waals surface area (Å²) in [6, 6.07) is 7.49. The number of carbonyl (C=O) groups is 2. The topological polar surface area (TPSA) is 127 Å². The molecule has 3 unspecified atom stereocenters. The monoisotopic (exact) mass is 458 g/mol. The molecule has 0 bridgehead atoms. The van der Waals surface area contributed by atoms with Gasteiger partial charge in [-0.15, -0.1) is 0 Å². The van der Waals surface area contributed by atoms with E-state index in [0.717, 1.165) is 5.56 Å². The van der Waals surface area contributed by atoms with Gasteiger partial charge >= 0.3 is 11.9 Å². The van der Waals surface area contributed by atoms with E-state index in [-0.39, 0.29) is 18.3 Å². The van der Waals surface area contributed by atoms with Crippen molar-refractivity contribution in [2.45, 2.75) is 58.8 Å². The zero-order valence-corrected chi connectivity index (χ0v) is 19.3. The van der Waals surface area contributed by atoms with Crippen molar-refractivity contribution < 1.29 is 37.1 Å². The van der Waals surface area contributed by atoms with E-state index in [1.54, 1.807) is 13.8 Å². The number of ether oxygens (including phenoxy) is 2. The van der Waals surface area contributed by atoms with Gasteiger partial charge in [0.2, 0.25) is 0 Å². The molecule has 8 nitrogen and oxygen atoms in total. The summed E-state index contributed by atoms with van der Waals surface area (Å²) in [4.78, 5) is 23.8. The number of carboxylic acid groups (broad SMARTS) is 1. The van der Waals surface area contributed by atoms with Crippen molar-refractivity contribution in [3.8, 4) is 5.75 Å². The van der Waals surface area contributed by atoms with Gasteiger partial charge in [-0.05, 0) is 62.6 Å². The molecular weight excluding hydrogens is 424 g/mol. The van der Waals surface area contributed by atoms with E-state index in [4.69, 9.17) is 14.0 Å². The molecule has 1 aromatic carbocycles. The van der Waals surface area contributed by atoms with Gasteiger partial charge in [-0.25, -0.2) is 0 Å². The second-order valence-electron chi connectivity index (χ2n) is 7.60. The van der Waals surface area contributed by atoms with Gasteiger partial charge in [0, 0.05) is 0 Å². The van der Waals surface area contributed by atoms with Gasteiger partial charge in [0.15, 0.2) is 0 Å². The Morgan fingerprint density at radius 1 is 1.03 bits per heavy atom. The molecule has 2 N–H and O–H groups in total. The largest absolute Gasteiger partial charge is 0.494 e. The normalized spacial score (nSPS) is 14.5. The first-order valence-electron chi connectivity index (χ1n) is 10.7. The third-order valence-electron chi connectivity index (χ3n) is 5.26. The molecule has 3 atom stereocenters. The van der Waals surface area contributed by atoms with Crippen LogP contribution in [0, 0.1) is 11.8 Å². The highest BCUT2D eigenvalue weighted by Gasteiger charge is 2.33. The van der Waals surface area contributed by atoms with E-state index in [9.17, 15) is 23.1 Å². The number of esters is 1. The number of hydrogen-bond donors (Lipinski definition) is 2. The molecule has 1 rings (SSSR count). The van der Waals surface area contributed by atoms with Crippen molar-refractivity contribution in [2.24, 2.45) is 11.8 Å². The van der Waals surface area contributed by atoms with E-state index < -0.39 is 33.9 Å². The average Bonchev–Trinajstić information content (AvgIpc) is 2.70. The van der Waals surface area contributed by atoms with E-state index in [1.165, 1.54) is 0 Å². The molecule has 0 saturated heterocycles. The van der Waals surface area contributed by atoms with Gasteiger partial charge in [0.1, 0.15) is 5.75 Å². The molecule has 0 spiro atoms. The van der Waals surface area contributed by atoms with Gasteiger partial charge in [0.25, 0.3) is 10.1 Å². The van der Waals surface area contributed by atoms with Crippen LogP contribution in [-0.2, 0) is 24.4 Å². The molecule has 0 fully saturated rings. The average molecular weight is 459 g/mol. The van der Waals surface area contributed by atoms with Gasteiger partial charge in [-0.1, -0.05) is 26.0 Å². The molecule has 0 amide bonds. The highest BCUT2D eigenvalue weighted by atomic mass is 32.2. The molecule has 0 aliphatic heterocycles. The summed E-state index contributed by atoms with van der Waals surface area (Å²) in [5.41, 5.74) is 1.05. The summed E-state index contributed by atoms with van der Waals surface area (Å²) in [5, 5.41) is 9.45. The number of benzene rings is 1. The van der Waals surface area contributed by atoms with E-state index in [0.29, 0.717) is 44.5 Å². The Hall–Kier alpha value is -2.13. The Kier molecular flexibility index (Phi) is 11.6. The fourth-order valence-electron chi connectivity index (χ4n) is 3.43. The van der Waals surface area contributed by atoms with Crippen molar-refractivity contribution >= 4 is 22.1 Å². The maximum atomic E-state index is 12.3. The maximum Gasteiger partial charge on any atom is 0.309 e. The molecule has 0 radical (unpaired) electrons. The van der Waals surface area contributed by atoms with Crippen LogP contribution in [-0.4, -0.2) is 49.0 Å². The molecule has 0 aliphatic rings. The lowest BCUT2D eigenvalue weighted by molar-refractivity contribution is -0.158. The Bertz CT molecular complexity index is 788. The minimum atomic E-state index is -3.93. The molecule has 176 valence electrons. The molecule has 0 aromatic heterocycles. The van der Waals surface area contributed by atoms with Crippen LogP contribution in [0.2, 0.25) is 0 Å². The van der Waals surface area contributed by atoms with Crippen LogP contribution in [0.4, 0.5) is 0 Å². The number of carboxylic acids is 1. The number of hydrogen-bond acceptors (Lipinski definition) is 6. The van der Waals surface area contributed by atoms with Crippen LogP contribution in [0.5, 0.6) is 5.75 Å². The minimum absolute atomic E-state index is 0.118. The first kappa shape index (κ1) is 26.9. The number of carbonyl (C=O) groups excluding carboxylic acids is 1. The lowest BCUT2D eigenvalue weighted by Gasteiger charge is -2.23. The van der Waals surface area contributed by atoms with Crippen LogP contribution >= 0.6 is 0 Å². The molecule has 31 heavy (non-hydrogen) atoms. The third-order valence-corrected chi connectivity index (χ3v) is 6.06. The first-order valence-corrected chi connectivity index (χ1v) is 12.3.